The van der Waals surface area contributed by atoms with E-state index < -0.39 is 11.7 Å². The van der Waals surface area contributed by atoms with Crippen molar-refractivity contribution < 1.29 is 28.2 Å². The number of amides is 3. The number of ether oxygens (including phenoxy) is 3. The van der Waals surface area contributed by atoms with Crippen molar-refractivity contribution >= 4 is 23.3 Å². The van der Waals surface area contributed by atoms with E-state index >= 15 is 4.39 Å². The van der Waals surface area contributed by atoms with Crippen molar-refractivity contribution in [2.45, 2.75) is 76.6 Å². The normalized spacial score (nSPS) is 19.4. The summed E-state index contributed by atoms with van der Waals surface area (Å²) in [5, 5.41) is 8.34. The molecule has 2 bridgehead atoms. The molecule has 10 heteroatoms. The second-order valence-corrected chi connectivity index (χ2v) is 11.4. The largest absolute Gasteiger partial charge is 0.493 e. The highest BCUT2D eigenvalue weighted by atomic mass is 19.1. The first-order valence-corrected chi connectivity index (χ1v) is 15.3. The van der Waals surface area contributed by atoms with Crippen LogP contribution in [0.5, 0.6) is 23.0 Å². The Balaban J connectivity index is 1.19. The number of rotatable bonds is 11. The Kier molecular flexibility index (Phi) is 9.58. The monoisotopic (exact) mass is 604 g/mol. The molecule has 234 valence electrons. The standard InChI is InChI=1S/C34H41FN4O5/c1-5-23(6-2)36-33(41)37-24-11-16-30(31(20-24)42-4)43-27-14-15-29(28(35)21-27)38-32(40)22-9-12-26(13-10-22)44-34-18-7-8-25(17-19-34)39(34)3/h9-16,20-21,23,25H,5-8,17-19H2,1-4H3,(H,38,40)(H2,36,37,41). The maximum atomic E-state index is 15.0. The zero-order valence-electron chi connectivity index (χ0n) is 25.7. The molecule has 0 aromatic heterocycles. The van der Waals surface area contributed by atoms with Crippen molar-refractivity contribution in [3.63, 3.8) is 0 Å². The molecule has 2 atom stereocenters. The Morgan fingerprint density at radius 3 is 2.41 bits per heavy atom. The van der Waals surface area contributed by atoms with Crippen molar-refractivity contribution in [1.29, 1.82) is 0 Å². The first kappa shape index (κ1) is 31.1. The van der Waals surface area contributed by atoms with Crippen LogP contribution < -0.4 is 30.2 Å². The molecule has 2 aliphatic heterocycles. The number of halogens is 1. The fraction of sp³-hybridized carbons (Fsp3) is 0.412. The van der Waals surface area contributed by atoms with E-state index in [0.29, 0.717) is 34.5 Å². The summed E-state index contributed by atoms with van der Waals surface area (Å²) in [4.78, 5) is 27.6. The summed E-state index contributed by atoms with van der Waals surface area (Å²) >= 11 is 0. The van der Waals surface area contributed by atoms with Gasteiger partial charge in [-0.05, 0) is 87.7 Å². The molecule has 2 heterocycles. The fourth-order valence-electron chi connectivity index (χ4n) is 6.07. The van der Waals surface area contributed by atoms with Crippen molar-refractivity contribution in [1.82, 2.24) is 10.2 Å². The average Bonchev–Trinajstić information content (AvgIpc) is 3.17. The number of nitrogens with zero attached hydrogens (tertiary/aromatic N) is 1. The number of hydrogen-bond donors (Lipinski definition) is 3. The molecule has 2 fully saturated rings. The molecule has 0 saturated carbocycles. The quantitative estimate of drug-likeness (QED) is 0.209. The third-order valence-electron chi connectivity index (χ3n) is 8.75. The number of benzene rings is 3. The minimum absolute atomic E-state index is 0.0254. The summed E-state index contributed by atoms with van der Waals surface area (Å²) in [5.41, 5.74) is 0.668. The van der Waals surface area contributed by atoms with Gasteiger partial charge in [-0.15, -0.1) is 0 Å². The predicted molar refractivity (Wildman–Crippen MR) is 168 cm³/mol. The highest BCUT2D eigenvalue weighted by Gasteiger charge is 2.48. The summed E-state index contributed by atoms with van der Waals surface area (Å²) in [6, 6.07) is 16.4. The Bertz CT molecular complexity index is 1470. The molecule has 3 amide bonds. The van der Waals surface area contributed by atoms with E-state index in [9.17, 15) is 9.59 Å². The van der Waals surface area contributed by atoms with E-state index in [-0.39, 0.29) is 29.2 Å². The summed E-state index contributed by atoms with van der Waals surface area (Å²) < 4.78 is 32.8. The van der Waals surface area contributed by atoms with Gasteiger partial charge in [-0.3, -0.25) is 9.69 Å². The Morgan fingerprint density at radius 2 is 1.70 bits per heavy atom. The van der Waals surface area contributed by atoms with Gasteiger partial charge in [0.25, 0.3) is 5.91 Å². The van der Waals surface area contributed by atoms with E-state index in [1.165, 1.54) is 25.7 Å². The Morgan fingerprint density at radius 1 is 0.955 bits per heavy atom. The number of nitrogens with one attached hydrogen (secondary N) is 3. The molecule has 44 heavy (non-hydrogen) atoms. The fourth-order valence-corrected chi connectivity index (χ4v) is 6.07. The number of carbonyl (C=O) groups excluding carboxylic acids is 2. The Hall–Kier alpha value is -4.31. The zero-order valence-corrected chi connectivity index (χ0v) is 25.7. The summed E-state index contributed by atoms with van der Waals surface area (Å²) in [5.74, 6) is 0.542. The van der Waals surface area contributed by atoms with Gasteiger partial charge in [-0.25, -0.2) is 9.18 Å². The van der Waals surface area contributed by atoms with Crippen LogP contribution in [0.2, 0.25) is 0 Å². The van der Waals surface area contributed by atoms with Crippen LogP contribution in [0, 0.1) is 5.82 Å². The predicted octanol–water partition coefficient (Wildman–Crippen LogP) is 7.54. The second kappa shape index (κ2) is 13.5. The summed E-state index contributed by atoms with van der Waals surface area (Å²) in [7, 11) is 3.61. The molecule has 0 aliphatic carbocycles. The van der Waals surface area contributed by atoms with E-state index in [2.05, 4.69) is 27.9 Å². The third kappa shape index (κ3) is 6.91. The van der Waals surface area contributed by atoms with Crippen molar-refractivity contribution in [3.8, 4) is 23.0 Å². The number of urea groups is 1. The van der Waals surface area contributed by atoms with Crippen LogP contribution >= 0.6 is 0 Å². The van der Waals surface area contributed by atoms with Crippen LogP contribution in [0.1, 0.15) is 69.2 Å². The first-order chi connectivity index (χ1) is 21.2. The van der Waals surface area contributed by atoms with Crippen LogP contribution in [0.3, 0.4) is 0 Å². The van der Waals surface area contributed by atoms with E-state index in [0.717, 1.165) is 38.5 Å². The van der Waals surface area contributed by atoms with Crippen LogP contribution in [0.15, 0.2) is 60.7 Å². The maximum absolute atomic E-state index is 15.0. The molecule has 3 aromatic rings. The molecule has 9 nitrogen and oxygen atoms in total. The number of piperidine rings is 1. The number of carbonyl (C=O) groups is 2. The minimum atomic E-state index is -0.652. The van der Waals surface area contributed by atoms with Crippen molar-refractivity contribution in [2.75, 3.05) is 24.8 Å². The highest BCUT2D eigenvalue weighted by Crippen LogP contribution is 2.44. The molecule has 3 aromatic carbocycles. The van der Waals surface area contributed by atoms with Gasteiger partial charge in [-0.2, -0.15) is 0 Å². The number of anilines is 2. The van der Waals surface area contributed by atoms with Crippen LogP contribution in [-0.4, -0.2) is 48.8 Å². The Labute approximate surface area is 258 Å². The van der Waals surface area contributed by atoms with E-state index in [1.54, 1.807) is 48.5 Å². The topological polar surface area (TPSA) is 101 Å². The molecule has 2 aliphatic rings. The zero-order chi connectivity index (χ0) is 31.3. The lowest BCUT2D eigenvalue weighted by molar-refractivity contribution is -0.0823. The third-order valence-corrected chi connectivity index (χ3v) is 8.75. The molecule has 0 spiro atoms. The van der Waals surface area contributed by atoms with Crippen LogP contribution in [-0.2, 0) is 0 Å². The number of methoxy groups -OCH3 is 1. The molecule has 2 unspecified atom stereocenters. The van der Waals surface area contributed by atoms with Gasteiger partial charge in [-0.1, -0.05) is 13.8 Å². The lowest BCUT2D eigenvalue weighted by atomic mass is 10.0. The molecule has 5 rings (SSSR count). The number of fused-ring (bicyclic) bond motifs is 2. The lowest BCUT2D eigenvalue weighted by Gasteiger charge is -2.42. The van der Waals surface area contributed by atoms with Gasteiger partial charge in [0, 0.05) is 48.3 Å². The second-order valence-electron chi connectivity index (χ2n) is 11.4. The van der Waals surface area contributed by atoms with Crippen LogP contribution in [0.25, 0.3) is 0 Å². The van der Waals surface area contributed by atoms with Crippen LogP contribution in [0.4, 0.5) is 20.6 Å². The molecular weight excluding hydrogens is 563 g/mol. The molecule has 2 saturated heterocycles. The highest BCUT2D eigenvalue weighted by molar-refractivity contribution is 6.04. The van der Waals surface area contributed by atoms with Gasteiger partial charge in [0.15, 0.2) is 17.2 Å². The van der Waals surface area contributed by atoms with Gasteiger partial charge in [0.1, 0.15) is 17.3 Å². The van der Waals surface area contributed by atoms with Gasteiger partial charge >= 0.3 is 6.03 Å². The molecule has 3 N–H and O–H groups in total. The molecule has 0 radical (unpaired) electrons. The first-order valence-electron chi connectivity index (χ1n) is 15.3. The van der Waals surface area contributed by atoms with Crippen molar-refractivity contribution in [3.05, 3.63) is 72.0 Å². The van der Waals surface area contributed by atoms with Gasteiger partial charge < -0.3 is 30.2 Å². The SMILES string of the molecule is CCC(CC)NC(=O)Nc1ccc(Oc2ccc(NC(=O)c3ccc(OC45CCCC(CC4)N5C)cc3)c(F)c2)c(OC)c1. The van der Waals surface area contributed by atoms with E-state index in [1.807, 2.05) is 13.8 Å². The number of hydrogen-bond acceptors (Lipinski definition) is 6. The summed E-state index contributed by atoms with van der Waals surface area (Å²) in [6.07, 6.45) is 7.17. The van der Waals surface area contributed by atoms with Crippen molar-refractivity contribution in [2.24, 2.45) is 0 Å². The van der Waals surface area contributed by atoms with Gasteiger partial charge in [0.05, 0.1) is 12.8 Å². The summed E-state index contributed by atoms with van der Waals surface area (Å²) in [6.45, 7) is 4.03. The smallest absolute Gasteiger partial charge is 0.319 e. The van der Waals surface area contributed by atoms with E-state index in [4.69, 9.17) is 14.2 Å². The average molecular weight is 605 g/mol. The maximum Gasteiger partial charge on any atom is 0.319 e. The minimum Gasteiger partial charge on any atom is -0.493 e. The molecular formula is C34H41FN4O5. The lowest BCUT2D eigenvalue weighted by Crippen LogP contribution is -2.51. The van der Waals surface area contributed by atoms with Gasteiger partial charge in [0.2, 0.25) is 0 Å².